The van der Waals surface area contributed by atoms with Gasteiger partial charge in [-0.15, -0.1) is 0 Å². The molecule has 0 bridgehead atoms. The number of benzene rings is 2. The van der Waals surface area contributed by atoms with Crippen molar-refractivity contribution in [2.24, 2.45) is 0 Å². The highest BCUT2D eigenvalue weighted by Gasteiger charge is 2.28. The van der Waals surface area contributed by atoms with Crippen molar-refractivity contribution in [3.63, 3.8) is 0 Å². The van der Waals surface area contributed by atoms with Gasteiger partial charge in [-0.3, -0.25) is 0 Å². The Balaban J connectivity index is 1.88. The summed E-state index contributed by atoms with van der Waals surface area (Å²) in [7, 11) is 0. The highest BCUT2D eigenvalue weighted by Crippen LogP contribution is 2.35. The predicted octanol–water partition coefficient (Wildman–Crippen LogP) is 6.09. The van der Waals surface area contributed by atoms with Crippen LogP contribution in [0.4, 0.5) is 0 Å². The molecule has 0 fully saturated rings. The maximum absolute atomic E-state index is 10.7. The lowest BCUT2D eigenvalue weighted by atomic mass is 9.80. The van der Waals surface area contributed by atoms with Crippen LogP contribution in [0.1, 0.15) is 72.1 Å². The Hall–Kier alpha value is -1.88. The lowest BCUT2D eigenvalue weighted by Crippen LogP contribution is -2.52. The Morgan fingerprint density at radius 3 is 2.06 bits per heavy atom. The van der Waals surface area contributed by atoms with E-state index in [-0.39, 0.29) is 10.8 Å². The molecule has 4 heteroatoms. The van der Waals surface area contributed by atoms with Crippen LogP contribution in [0.15, 0.2) is 48.5 Å². The molecule has 34 heavy (non-hydrogen) atoms. The Morgan fingerprint density at radius 1 is 0.853 bits per heavy atom. The molecule has 190 valence electrons. The average Bonchev–Trinajstić information content (AvgIpc) is 2.77. The predicted molar refractivity (Wildman–Crippen MR) is 143 cm³/mol. The first kappa shape index (κ1) is 28.4. The van der Waals surface area contributed by atoms with E-state index in [1.807, 2.05) is 6.07 Å². The van der Waals surface area contributed by atoms with Gasteiger partial charge in [0.25, 0.3) is 0 Å². The van der Waals surface area contributed by atoms with Gasteiger partial charge in [0.1, 0.15) is 31.5 Å². The third kappa shape index (κ3) is 8.41. The third-order valence-corrected chi connectivity index (χ3v) is 6.75. The lowest BCUT2D eigenvalue weighted by molar-refractivity contribution is -0.940. The lowest BCUT2D eigenvalue weighted by Gasteiger charge is -2.38. The molecule has 1 atom stereocenters. The van der Waals surface area contributed by atoms with Crippen molar-refractivity contribution >= 4 is 0 Å². The molecule has 0 amide bonds. The molecular weight excluding hydrogens is 422 g/mol. The van der Waals surface area contributed by atoms with Crippen molar-refractivity contribution in [3.8, 4) is 5.75 Å². The first-order valence-corrected chi connectivity index (χ1v) is 12.8. The van der Waals surface area contributed by atoms with Gasteiger partial charge in [0.15, 0.2) is 0 Å². The third-order valence-electron chi connectivity index (χ3n) is 6.75. The van der Waals surface area contributed by atoms with Crippen LogP contribution < -0.4 is 4.74 Å². The van der Waals surface area contributed by atoms with E-state index in [1.54, 1.807) is 0 Å². The van der Waals surface area contributed by atoms with Gasteiger partial charge >= 0.3 is 0 Å². The molecule has 0 spiro atoms. The molecule has 0 saturated carbocycles. The zero-order valence-corrected chi connectivity index (χ0v) is 22.9. The molecular formula is C30H48NO3+. The minimum Gasteiger partial charge on any atom is -0.491 e. The monoisotopic (exact) mass is 470 g/mol. The van der Waals surface area contributed by atoms with Crippen molar-refractivity contribution in [1.29, 1.82) is 0 Å². The minimum atomic E-state index is -0.500. The van der Waals surface area contributed by atoms with E-state index in [9.17, 15) is 5.11 Å². The van der Waals surface area contributed by atoms with E-state index < -0.39 is 6.10 Å². The zero-order chi connectivity index (χ0) is 25.4. The number of likely N-dealkylation sites (N-methyl/N-ethyl adjacent to an activating group) is 1. The molecule has 0 unspecified atom stereocenters. The van der Waals surface area contributed by atoms with Gasteiger partial charge in [-0.25, -0.2) is 0 Å². The Bertz CT molecular complexity index is 861. The maximum Gasteiger partial charge on any atom is 0.126 e. The second-order valence-corrected chi connectivity index (χ2v) is 11.6. The summed E-state index contributed by atoms with van der Waals surface area (Å²) in [5, 5.41) is 10.7. The van der Waals surface area contributed by atoms with Crippen LogP contribution >= 0.6 is 0 Å². The Labute approximate surface area is 208 Å². The number of aliphatic hydroxyl groups excluding tert-OH is 1. The number of hydrogen-bond acceptors (Lipinski definition) is 3. The molecule has 2 aromatic rings. The van der Waals surface area contributed by atoms with Crippen LogP contribution in [0.2, 0.25) is 0 Å². The van der Waals surface area contributed by atoms with Crippen molar-refractivity contribution in [1.82, 2.24) is 0 Å². The van der Waals surface area contributed by atoms with E-state index in [1.165, 1.54) is 16.7 Å². The van der Waals surface area contributed by atoms with Crippen LogP contribution in [-0.4, -0.2) is 55.1 Å². The Morgan fingerprint density at radius 2 is 1.50 bits per heavy atom. The van der Waals surface area contributed by atoms with Gasteiger partial charge in [0.2, 0.25) is 0 Å². The molecule has 0 heterocycles. The smallest absolute Gasteiger partial charge is 0.126 e. The van der Waals surface area contributed by atoms with E-state index in [0.717, 1.165) is 29.9 Å². The fourth-order valence-electron chi connectivity index (χ4n) is 4.38. The van der Waals surface area contributed by atoms with Crippen LogP contribution in [0, 0.1) is 0 Å². The summed E-state index contributed by atoms with van der Waals surface area (Å²) >= 11 is 0. The van der Waals surface area contributed by atoms with Crippen LogP contribution in [0.5, 0.6) is 5.75 Å². The summed E-state index contributed by atoms with van der Waals surface area (Å²) in [5.41, 5.74) is 3.93. The number of quaternary nitrogens is 1. The molecule has 0 aliphatic heterocycles. The SMILES string of the molecule is CC[N+](CC)(Cc1ccccc1)C[C@@H](O)COCCOc1ccc(C(C)(C)C)cc1C(C)(C)C. The number of nitrogens with zero attached hydrogens (tertiary/aromatic N) is 1. The van der Waals surface area contributed by atoms with Gasteiger partial charge in [0, 0.05) is 5.56 Å². The molecule has 0 radical (unpaired) electrons. The number of aliphatic hydroxyl groups is 1. The van der Waals surface area contributed by atoms with Crippen LogP contribution in [-0.2, 0) is 22.1 Å². The van der Waals surface area contributed by atoms with E-state index >= 15 is 0 Å². The minimum absolute atomic E-state index is 0.00600. The highest BCUT2D eigenvalue weighted by molar-refractivity contribution is 5.43. The number of ether oxygens (including phenoxy) is 2. The van der Waals surface area contributed by atoms with Gasteiger partial charge in [-0.1, -0.05) is 84.0 Å². The number of hydrogen-bond donors (Lipinski definition) is 1. The summed E-state index contributed by atoms with van der Waals surface area (Å²) in [6.45, 7) is 22.6. The van der Waals surface area contributed by atoms with Crippen LogP contribution in [0.25, 0.3) is 0 Å². The summed E-state index contributed by atoms with van der Waals surface area (Å²) in [4.78, 5) is 0. The second-order valence-electron chi connectivity index (χ2n) is 11.6. The van der Waals surface area contributed by atoms with Crippen LogP contribution in [0.3, 0.4) is 0 Å². The van der Waals surface area contributed by atoms with Crippen molar-refractivity contribution in [3.05, 3.63) is 65.2 Å². The van der Waals surface area contributed by atoms with Gasteiger partial charge in [-0.05, 0) is 41.9 Å². The fourth-order valence-corrected chi connectivity index (χ4v) is 4.38. The summed E-state index contributed by atoms with van der Waals surface area (Å²) < 4.78 is 12.8. The molecule has 2 aromatic carbocycles. The highest BCUT2D eigenvalue weighted by atomic mass is 16.5. The largest absolute Gasteiger partial charge is 0.491 e. The first-order chi connectivity index (χ1) is 15.9. The zero-order valence-electron chi connectivity index (χ0n) is 22.9. The van der Waals surface area contributed by atoms with Gasteiger partial charge < -0.3 is 19.1 Å². The molecule has 0 saturated heterocycles. The van der Waals surface area contributed by atoms with E-state index in [2.05, 4.69) is 97.9 Å². The summed E-state index contributed by atoms with van der Waals surface area (Å²) in [5.74, 6) is 0.917. The second kappa shape index (κ2) is 12.2. The van der Waals surface area contributed by atoms with E-state index in [4.69, 9.17) is 9.47 Å². The molecule has 2 rings (SSSR count). The average molecular weight is 471 g/mol. The quantitative estimate of drug-likeness (QED) is 0.301. The van der Waals surface area contributed by atoms with E-state index in [0.29, 0.717) is 26.4 Å². The summed E-state index contributed by atoms with van der Waals surface area (Å²) in [6.07, 6.45) is -0.500. The van der Waals surface area contributed by atoms with Crippen molar-refractivity contribution < 1.29 is 19.1 Å². The fraction of sp³-hybridized carbons (Fsp3) is 0.600. The van der Waals surface area contributed by atoms with Crippen molar-refractivity contribution in [2.45, 2.75) is 78.9 Å². The van der Waals surface area contributed by atoms with Gasteiger partial charge in [0.05, 0.1) is 26.3 Å². The number of rotatable bonds is 12. The van der Waals surface area contributed by atoms with Crippen molar-refractivity contribution in [2.75, 3.05) is 39.5 Å². The normalized spacial score (nSPS) is 13.7. The first-order valence-electron chi connectivity index (χ1n) is 12.8. The molecule has 0 aliphatic rings. The van der Waals surface area contributed by atoms with Gasteiger partial charge in [-0.2, -0.15) is 0 Å². The standard InChI is InChI=1S/C30H48NO3/c1-9-31(10-2,21-24-14-12-11-13-15-24)22-26(32)23-33-18-19-34-28-17-16-25(29(3,4)5)20-27(28)30(6,7)8/h11-17,20,26,32H,9-10,18-19,21-23H2,1-8H3/q+1/t26-/m1/s1. The molecule has 0 aromatic heterocycles. The Kier molecular flexibility index (Phi) is 10.2. The summed E-state index contributed by atoms with van der Waals surface area (Å²) in [6, 6.07) is 17.1. The molecule has 1 N–H and O–H groups in total. The topological polar surface area (TPSA) is 38.7 Å². The maximum atomic E-state index is 10.7. The molecule has 4 nitrogen and oxygen atoms in total. The molecule has 0 aliphatic carbocycles.